The quantitative estimate of drug-likeness (QED) is 0.846. The Hall–Kier alpha value is -2.21. The molecular weight excluding hydrogens is 290 g/mol. The minimum atomic E-state index is -0.414. The first-order valence-corrected chi connectivity index (χ1v) is 7.02. The maximum Gasteiger partial charge on any atom is 0.260 e. The summed E-state index contributed by atoms with van der Waals surface area (Å²) in [7, 11) is 0. The number of amides is 1. The number of nitrogens with two attached hydrogens (primary N) is 1. The number of aryl methyl sites for hydroxylation is 2. The molecule has 0 aliphatic rings. The summed E-state index contributed by atoms with van der Waals surface area (Å²) in [6.07, 6.45) is 1.47. The Morgan fingerprint density at radius 3 is 2.62 bits per heavy atom. The zero-order valence-corrected chi connectivity index (χ0v) is 12.6. The fraction of sp³-hybridized carbons (Fsp3) is 0.286. The van der Waals surface area contributed by atoms with Crippen LogP contribution in [0, 0.1) is 0 Å². The molecule has 0 aliphatic heterocycles. The predicted octanol–water partition coefficient (Wildman–Crippen LogP) is 2.48. The normalized spacial score (nSPS) is 10.4. The van der Waals surface area contributed by atoms with Crippen LogP contribution in [0.3, 0.4) is 0 Å². The molecule has 0 unspecified atom stereocenters. The van der Waals surface area contributed by atoms with E-state index < -0.39 is 5.91 Å². The van der Waals surface area contributed by atoms with Crippen molar-refractivity contribution in [3.63, 3.8) is 0 Å². The van der Waals surface area contributed by atoms with Gasteiger partial charge in [-0.25, -0.2) is 4.98 Å². The van der Waals surface area contributed by atoms with E-state index >= 15 is 0 Å². The van der Waals surface area contributed by atoms with Crippen LogP contribution in [0.25, 0.3) is 0 Å². The molecule has 0 saturated heterocycles. The summed E-state index contributed by atoms with van der Waals surface area (Å²) in [5.74, 6) is -0.253. The number of carbonyl (C=O) groups is 1. The van der Waals surface area contributed by atoms with E-state index in [1.165, 1.54) is 0 Å². The van der Waals surface area contributed by atoms with Crippen molar-refractivity contribution in [2.75, 3.05) is 11.1 Å². The van der Waals surface area contributed by atoms with Crippen molar-refractivity contribution in [3.05, 3.63) is 40.2 Å². The van der Waals surface area contributed by atoms with Gasteiger partial charge in [0.1, 0.15) is 0 Å². The lowest BCUT2D eigenvalue weighted by molar-refractivity contribution is 0.102. The van der Waals surface area contributed by atoms with E-state index in [0.717, 1.165) is 24.2 Å². The maximum atomic E-state index is 12.2. The Balaban J connectivity index is 2.25. The molecule has 0 bridgehead atoms. The fourth-order valence-electron chi connectivity index (χ4n) is 1.89. The van der Waals surface area contributed by atoms with Gasteiger partial charge in [-0.05, 0) is 25.0 Å². The van der Waals surface area contributed by atoms with Crippen LogP contribution in [0.5, 0.6) is 0 Å². The number of para-hydroxylation sites is 1. The van der Waals surface area contributed by atoms with Gasteiger partial charge in [0.2, 0.25) is 5.95 Å². The van der Waals surface area contributed by atoms with Crippen molar-refractivity contribution >= 4 is 29.1 Å². The average Bonchev–Trinajstić information content (AvgIpc) is 2.49. The Morgan fingerprint density at radius 2 is 1.95 bits per heavy atom. The first-order valence-electron chi connectivity index (χ1n) is 6.64. The molecule has 110 valence electrons. The Labute approximate surface area is 127 Å². The zero-order valence-electron chi connectivity index (χ0n) is 11.9. The highest BCUT2D eigenvalue weighted by Crippen LogP contribution is 2.22. The molecule has 1 heterocycles. The number of halogens is 1. The van der Waals surface area contributed by atoms with E-state index in [2.05, 4.69) is 20.5 Å². The summed E-state index contributed by atoms with van der Waals surface area (Å²) in [6.45, 7) is 3.96. The fourth-order valence-corrected chi connectivity index (χ4v) is 2.07. The summed E-state index contributed by atoms with van der Waals surface area (Å²) < 4.78 is 0. The van der Waals surface area contributed by atoms with Gasteiger partial charge >= 0.3 is 0 Å². The number of hydrogen-bond donors (Lipinski definition) is 2. The Morgan fingerprint density at radius 1 is 1.24 bits per heavy atom. The van der Waals surface area contributed by atoms with E-state index in [9.17, 15) is 4.79 Å². The second kappa shape index (κ2) is 6.49. The van der Waals surface area contributed by atoms with Crippen LogP contribution in [0.15, 0.2) is 18.2 Å². The van der Waals surface area contributed by atoms with Gasteiger partial charge in [-0.3, -0.25) is 10.1 Å². The molecule has 1 amide bonds. The molecule has 1 aromatic heterocycles. The van der Waals surface area contributed by atoms with Crippen LogP contribution >= 0.6 is 11.6 Å². The van der Waals surface area contributed by atoms with Gasteiger partial charge in [-0.1, -0.05) is 31.5 Å². The highest BCUT2D eigenvalue weighted by atomic mass is 35.5. The minimum Gasteiger partial charge on any atom is -0.397 e. The standard InChI is InChI=1S/C14H16ClN5O/c1-3-10-11(4-2)19-20-14(17-10)18-13(21)8-6-5-7-9(15)12(8)16/h5-7H,3-4,16H2,1-2H3,(H,17,18,20,21). The topological polar surface area (TPSA) is 93.8 Å². The maximum absolute atomic E-state index is 12.2. The van der Waals surface area contributed by atoms with Crippen molar-refractivity contribution < 1.29 is 4.79 Å². The molecule has 1 aromatic carbocycles. The first kappa shape index (κ1) is 15.2. The molecule has 7 heteroatoms. The van der Waals surface area contributed by atoms with Gasteiger partial charge < -0.3 is 5.73 Å². The van der Waals surface area contributed by atoms with Crippen LogP contribution in [-0.4, -0.2) is 21.1 Å². The van der Waals surface area contributed by atoms with Gasteiger partial charge in [0.05, 0.1) is 27.7 Å². The lowest BCUT2D eigenvalue weighted by Gasteiger charge is -2.09. The van der Waals surface area contributed by atoms with E-state index in [4.69, 9.17) is 17.3 Å². The highest BCUT2D eigenvalue weighted by Gasteiger charge is 2.14. The second-order valence-electron chi connectivity index (χ2n) is 4.39. The zero-order chi connectivity index (χ0) is 15.4. The molecule has 0 atom stereocenters. The SMILES string of the molecule is CCc1nnc(NC(=O)c2cccc(Cl)c2N)nc1CC. The van der Waals surface area contributed by atoms with Gasteiger partial charge in [0, 0.05) is 0 Å². The van der Waals surface area contributed by atoms with Crippen LogP contribution in [0.4, 0.5) is 11.6 Å². The monoisotopic (exact) mass is 305 g/mol. The molecule has 21 heavy (non-hydrogen) atoms. The number of aromatic nitrogens is 3. The third kappa shape index (κ3) is 3.28. The van der Waals surface area contributed by atoms with E-state index in [1.54, 1.807) is 18.2 Å². The van der Waals surface area contributed by atoms with Crippen LogP contribution in [0.1, 0.15) is 35.6 Å². The van der Waals surface area contributed by atoms with Crippen molar-refractivity contribution in [2.24, 2.45) is 0 Å². The van der Waals surface area contributed by atoms with Gasteiger partial charge in [-0.2, -0.15) is 0 Å². The molecule has 0 spiro atoms. The lowest BCUT2D eigenvalue weighted by atomic mass is 10.1. The predicted molar refractivity (Wildman–Crippen MR) is 82.4 cm³/mol. The molecule has 3 N–H and O–H groups in total. The minimum absolute atomic E-state index is 0.161. The number of carbonyl (C=O) groups excluding carboxylic acids is 1. The number of nitrogens with zero attached hydrogens (tertiary/aromatic N) is 3. The highest BCUT2D eigenvalue weighted by molar-refractivity contribution is 6.34. The number of nitrogen functional groups attached to an aromatic ring is 1. The molecular formula is C14H16ClN5O. The molecule has 0 saturated carbocycles. The van der Waals surface area contributed by atoms with Crippen molar-refractivity contribution in [2.45, 2.75) is 26.7 Å². The van der Waals surface area contributed by atoms with Crippen LogP contribution in [0.2, 0.25) is 5.02 Å². The average molecular weight is 306 g/mol. The largest absolute Gasteiger partial charge is 0.397 e. The van der Waals surface area contributed by atoms with Crippen molar-refractivity contribution in [3.8, 4) is 0 Å². The number of nitrogens with one attached hydrogen (secondary N) is 1. The Kier molecular flexibility index (Phi) is 4.70. The number of anilines is 2. The molecule has 0 aliphatic carbocycles. The second-order valence-corrected chi connectivity index (χ2v) is 4.80. The first-order chi connectivity index (χ1) is 10.1. The number of benzene rings is 1. The lowest BCUT2D eigenvalue weighted by Crippen LogP contribution is -2.18. The summed E-state index contributed by atoms with van der Waals surface area (Å²) in [5, 5.41) is 10.9. The Bertz CT molecular complexity index is 674. The van der Waals surface area contributed by atoms with Gasteiger partial charge in [0.25, 0.3) is 5.91 Å². The summed E-state index contributed by atoms with van der Waals surface area (Å²) in [6, 6.07) is 4.87. The van der Waals surface area contributed by atoms with Crippen molar-refractivity contribution in [1.82, 2.24) is 15.2 Å². The molecule has 6 nitrogen and oxygen atoms in total. The van der Waals surface area contributed by atoms with Crippen LogP contribution in [-0.2, 0) is 12.8 Å². The summed E-state index contributed by atoms with van der Waals surface area (Å²) >= 11 is 5.90. The number of hydrogen-bond acceptors (Lipinski definition) is 5. The summed E-state index contributed by atoms with van der Waals surface area (Å²) in [4.78, 5) is 16.5. The smallest absolute Gasteiger partial charge is 0.260 e. The molecule has 0 radical (unpaired) electrons. The van der Waals surface area contributed by atoms with Crippen molar-refractivity contribution in [1.29, 1.82) is 0 Å². The number of rotatable bonds is 4. The molecule has 0 fully saturated rings. The summed E-state index contributed by atoms with van der Waals surface area (Å²) in [5.41, 5.74) is 7.95. The van der Waals surface area contributed by atoms with E-state index in [1.807, 2.05) is 13.8 Å². The van der Waals surface area contributed by atoms with Crippen LogP contribution < -0.4 is 11.1 Å². The van der Waals surface area contributed by atoms with E-state index in [-0.39, 0.29) is 17.2 Å². The third-order valence-electron chi connectivity index (χ3n) is 3.03. The third-order valence-corrected chi connectivity index (χ3v) is 3.36. The van der Waals surface area contributed by atoms with Gasteiger partial charge in [-0.15, -0.1) is 10.2 Å². The molecule has 2 rings (SSSR count). The van der Waals surface area contributed by atoms with E-state index in [0.29, 0.717) is 5.02 Å². The molecule has 2 aromatic rings. The van der Waals surface area contributed by atoms with Gasteiger partial charge in [0.15, 0.2) is 0 Å².